The Bertz CT molecular complexity index is 963. The fraction of sp³-hybridized carbons (Fsp3) is 0.316. The molecule has 10 heteroatoms. The summed E-state index contributed by atoms with van der Waals surface area (Å²) in [6, 6.07) is 9.24. The van der Waals surface area contributed by atoms with Crippen LogP contribution in [0.2, 0.25) is 10.0 Å². The second kappa shape index (κ2) is 10.1. The van der Waals surface area contributed by atoms with Gasteiger partial charge >= 0.3 is 0 Å². The van der Waals surface area contributed by atoms with Crippen LogP contribution in [0.25, 0.3) is 0 Å². The van der Waals surface area contributed by atoms with E-state index in [1.807, 2.05) is 26.0 Å². The number of ether oxygens (including phenoxy) is 2. The first kappa shape index (κ1) is 21.7. The molecule has 0 amide bonds. The third-order valence-electron chi connectivity index (χ3n) is 4.07. The van der Waals surface area contributed by atoms with Gasteiger partial charge in [-0.25, -0.2) is 4.68 Å². The first-order chi connectivity index (χ1) is 14.0. The van der Waals surface area contributed by atoms with Crippen LogP contribution in [0.4, 0.5) is 5.95 Å². The van der Waals surface area contributed by atoms with Gasteiger partial charge in [0.05, 0.1) is 11.1 Å². The number of anilines is 1. The highest BCUT2D eigenvalue weighted by atomic mass is 79.9. The maximum atomic E-state index is 6.24. The third kappa shape index (κ3) is 5.32. The molecule has 0 bridgehead atoms. The normalized spacial score (nSPS) is 10.8. The van der Waals surface area contributed by atoms with Gasteiger partial charge in [0.15, 0.2) is 11.5 Å². The first-order valence-corrected chi connectivity index (χ1v) is 10.6. The molecule has 0 fully saturated rings. The van der Waals surface area contributed by atoms with Crippen molar-refractivity contribution in [2.75, 3.05) is 11.9 Å². The van der Waals surface area contributed by atoms with E-state index in [0.717, 1.165) is 15.6 Å². The van der Waals surface area contributed by atoms with Crippen LogP contribution in [0, 0.1) is 0 Å². The number of hydrogen-bond acceptors (Lipinski definition) is 6. The number of nitrogens with zero attached hydrogens (tertiary/aromatic N) is 4. The average Bonchev–Trinajstić information content (AvgIpc) is 3.15. The molecular formula is C19H20BrCl2N5O2. The summed E-state index contributed by atoms with van der Waals surface area (Å²) in [5.74, 6) is 1.82. The monoisotopic (exact) mass is 499 g/mol. The van der Waals surface area contributed by atoms with Crippen LogP contribution in [-0.2, 0) is 19.7 Å². The number of rotatable bonds is 9. The molecule has 0 atom stereocenters. The van der Waals surface area contributed by atoms with Crippen molar-refractivity contribution in [3.05, 3.63) is 56.0 Å². The number of nitrogens with one attached hydrogen (secondary N) is 1. The molecular weight excluding hydrogens is 481 g/mol. The molecule has 0 radical (unpaired) electrons. The van der Waals surface area contributed by atoms with E-state index >= 15 is 0 Å². The predicted octanol–water partition coefficient (Wildman–Crippen LogP) is 5.35. The Morgan fingerprint density at radius 1 is 1.14 bits per heavy atom. The molecule has 0 saturated carbocycles. The van der Waals surface area contributed by atoms with E-state index in [-0.39, 0.29) is 6.61 Å². The number of tetrazole rings is 1. The zero-order valence-corrected chi connectivity index (χ0v) is 19.1. The minimum atomic E-state index is 0.222. The van der Waals surface area contributed by atoms with E-state index in [1.54, 1.807) is 22.9 Å². The molecule has 0 aliphatic carbocycles. The lowest BCUT2D eigenvalue weighted by molar-refractivity contribution is 0.267. The van der Waals surface area contributed by atoms with E-state index in [2.05, 4.69) is 36.8 Å². The van der Waals surface area contributed by atoms with E-state index in [0.29, 0.717) is 47.2 Å². The highest BCUT2D eigenvalue weighted by molar-refractivity contribution is 9.10. The van der Waals surface area contributed by atoms with Crippen molar-refractivity contribution in [3.63, 3.8) is 0 Å². The van der Waals surface area contributed by atoms with Crippen molar-refractivity contribution < 1.29 is 9.47 Å². The van der Waals surface area contributed by atoms with Crippen molar-refractivity contribution in [2.24, 2.45) is 0 Å². The van der Waals surface area contributed by atoms with Crippen LogP contribution in [0.5, 0.6) is 11.5 Å². The lowest BCUT2D eigenvalue weighted by Gasteiger charge is -2.17. The minimum Gasteiger partial charge on any atom is -0.490 e. The maximum absolute atomic E-state index is 6.24. The van der Waals surface area contributed by atoms with Crippen LogP contribution >= 0.6 is 39.1 Å². The van der Waals surface area contributed by atoms with Crippen LogP contribution in [0.1, 0.15) is 25.0 Å². The summed E-state index contributed by atoms with van der Waals surface area (Å²) in [5.41, 5.74) is 1.71. The third-order valence-corrected chi connectivity index (χ3v) is 5.37. The highest BCUT2D eigenvalue weighted by Gasteiger charge is 2.15. The first-order valence-electron chi connectivity index (χ1n) is 9.04. The smallest absolute Gasteiger partial charge is 0.243 e. The van der Waals surface area contributed by atoms with Gasteiger partial charge in [0.2, 0.25) is 5.95 Å². The summed E-state index contributed by atoms with van der Waals surface area (Å²) in [4.78, 5) is 0. The summed E-state index contributed by atoms with van der Waals surface area (Å²) < 4.78 is 14.3. The average molecular weight is 501 g/mol. The zero-order valence-electron chi connectivity index (χ0n) is 16.0. The number of aryl methyl sites for hydroxylation is 1. The molecule has 1 N–H and O–H groups in total. The van der Waals surface area contributed by atoms with Crippen molar-refractivity contribution in [3.8, 4) is 11.5 Å². The second-order valence-corrected chi connectivity index (χ2v) is 7.67. The highest BCUT2D eigenvalue weighted by Crippen LogP contribution is 2.38. The molecule has 0 unspecified atom stereocenters. The molecule has 29 heavy (non-hydrogen) atoms. The maximum Gasteiger partial charge on any atom is 0.243 e. The molecule has 3 aromatic rings. The lowest BCUT2D eigenvalue weighted by Crippen LogP contribution is -2.08. The van der Waals surface area contributed by atoms with Gasteiger partial charge in [-0.05, 0) is 70.0 Å². The Morgan fingerprint density at radius 2 is 1.90 bits per heavy atom. The van der Waals surface area contributed by atoms with Crippen molar-refractivity contribution in [2.45, 2.75) is 33.5 Å². The van der Waals surface area contributed by atoms with Crippen molar-refractivity contribution in [1.29, 1.82) is 0 Å². The van der Waals surface area contributed by atoms with Crippen LogP contribution in [0.3, 0.4) is 0 Å². The topological polar surface area (TPSA) is 74.1 Å². The van der Waals surface area contributed by atoms with E-state index in [9.17, 15) is 0 Å². The molecule has 7 nitrogen and oxygen atoms in total. The Labute approximate surface area is 187 Å². The largest absolute Gasteiger partial charge is 0.490 e. The molecule has 3 rings (SSSR count). The number of halogens is 3. The van der Waals surface area contributed by atoms with E-state index in [1.165, 1.54) is 0 Å². The fourth-order valence-electron chi connectivity index (χ4n) is 2.67. The second-order valence-electron chi connectivity index (χ2n) is 6.00. The molecule has 0 aliphatic rings. The summed E-state index contributed by atoms with van der Waals surface area (Å²) >= 11 is 16.1. The molecule has 0 spiro atoms. The van der Waals surface area contributed by atoms with E-state index < -0.39 is 0 Å². The molecule has 1 aromatic heterocycles. The summed E-state index contributed by atoms with van der Waals surface area (Å²) in [6.45, 7) is 5.82. The molecule has 0 aliphatic heterocycles. The van der Waals surface area contributed by atoms with Gasteiger partial charge in [-0.3, -0.25) is 0 Å². The van der Waals surface area contributed by atoms with Gasteiger partial charge in [-0.15, -0.1) is 0 Å². The van der Waals surface area contributed by atoms with Gasteiger partial charge in [0.25, 0.3) is 0 Å². The Morgan fingerprint density at radius 3 is 2.59 bits per heavy atom. The quantitative estimate of drug-likeness (QED) is 0.426. The fourth-order valence-corrected chi connectivity index (χ4v) is 3.78. The predicted molar refractivity (Wildman–Crippen MR) is 117 cm³/mol. The number of hydrogen-bond donors (Lipinski definition) is 1. The molecule has 0 saturated heterocycles. The number of benzene rings is 2. The van der Waals surface area contributed by atoms with Gasteiger partial charge in [0.1, 0.15) is 6.61 Å². The minimum absolute atomic E-state index is 0.222. The number of aromatic nitrogens is 4. The van der Waals surface area contributed by atoms with Crippen LogP contribution in [0.15, 0.2) is 34.8 Å². The van der Waals surface area contributed by atoms with Crippen LogP contribution in [-0.4, -0.2) is 26.8 Å². The molecule has 2 aromatic carbocycles. The standard InChI is InChI=1S/C19H20BrCl2N5O2/c1-3-27-19(24-25-26-27)23-10-12-8-14(20)18(17(9-12)28-4-2)29-11-13-15(21)6-5-7-16(13)22/h5-9H,3-4,10-11H2,1-2H3,(H,23,24,26). The SMILES string of the molecule is CCOc1cc(CNc2nnnn2CC)cc(Br)c1OCc1c(Cl)cccc1Cl. The van der Waals surface area contributed by atoms with Crippen molar-refractivity contribution >= 4 is 45.1 Å². The van der Waals surface area contributed by atoms with Gasteiger partial charge < -0.3 is 14.8 Å². The Hall–Kier alpha value is -2.03. The van der Waals surface area contributed by atoms with E-state index in [4.69, 9.17) is 32.7 Å². The molecule has 154 valence electrons. The molecule has 1 heterocycles. The van der Waals surface area contributed by atoms with Gasteiger partial charge in [-0.2, -0.15) is 0 Å². The van der Waals surface area contributed by atoms with Gasteiger partial charge in [-0.1, -0.05) is 34.4 Å². The van der Waals surface area contributed by atoms with Crippen molar-refractivity contribution in [1.82, 2.24) is 20.2 Å². The summed E-state index contributed by atoms with van der Waals surface area (Å²) in [7, 11) is 0. The summed E-state index contributed by atoms with van der Waals surface area (Å²) in [5, 5.41) is 15.9. The Kier molecular flexibility index (Phi) is 7.57. The summed E-state index contributed by atoms with van der Waals surface area (Å²) in [6.07, 6.45) is 0. The van der Waals surface area contributed by atoms with Crippen LogP contribution < -0.4 is 14.8 Å². The van der Waals surface area contributed by atoms with Gasteiger partial charge in [0, 0.05) is 28.7 Å². The Balaban J connectivity index is 1.79. The lowest BCUT2D eigenvalue weighted by atomic mass is 10.2. The zero-order chi connectivity index (χ0) is 20.8.